The number of hydrogen-bond donors (Lipinski definition) is 0. The number of rotatable bonds is 4. The van der Waals surface area contributed by atoms with Crippen molar-refractivity contribution in [3.05, 3.63) is 46.4 Å². The predicted octanol–water partition coefficient (Wildman–Crippen LogP) is 3.38. The molecule has 0 spiro atoms. The highest BCUT2D eigenvalue weighted by atomic mass is 32.1. The quantitative estimate of drug-likeness (QED) is 0.868. The highest BCUT2D eigenvalue weighted by molar-refractivity contribution is 7.07. The number of aryl methyl sites for hydroxylation is 1. The van der Waals surface area contributed by atoms with E-state index in [2.05, 4.69) is 18.0 Å². The molecule has 0 aliphatic carbocycles. The van der Waals surface area contributed by atoms with Crippen LogP contribution in [-0.4, -0.2) is 35.5 Å². The number of likely N-dealkylation sites (tertiary alicyclic amines) is 1. The van der Waals surface area contributed by atoms with Crippen LogP contribution in [0, 0.1) is 12.8 Å². The van der Waals surface area contributed by atoms with Gasteiger partial charge in [-0.05, 0) is 37.5 Å². The number of nitrogens with zero attached hydrogens (tertiary/aromatic N) is 2. The van der Waals surface area contributed by atoms with Crippen molar-refractivity contribution in [3.8, 4) is 5.75 Å². The average molecular weight is 316 g/mol. The van der Waals surface area contributed by atoms with E-state index in [1.54, 1.807) is 5.51 Å². The van der Waals surface area contributed by atoms with E-state index in [-0.39, 0.29) is 5.91 Å². The number of aromatic nitrogens is 1. The van der Waals surface area contributed by atoms with Crippen molar-refractivity contribution in [1.82, 2.24) is 9.88 Å². The summed E-state index contributed by atoms with van der Waals surface area (Å²) in [6, 6.07) is 8.08. The molecule has 116 valence electrons. The number of ether oxygens (including phenoxy) is 1. The molecule has 4 nitrogen and oxygen atoms in total. The van der Waals surface area contributed by atoms with E-state index in [0.717, 1.165) is 31.7 Å². The Morgan fingerprint density at radius 3 is 3.18 bits per heavy atom. The maximum atomic E-state index is 12.4. The summed E-state index contributed by atoms with van der Waals surface area (Å²) in [6.07, 6.45) is 2.13. The molecule has 2 aromatic rings. The minimum absolute atomic E-state index is 0.0431. The van der Waals surface area contributed by atoms with Crippen molar-refractivity contribution in [2.45, 2.75) is 19.8 Å². The molecule has 0 unspecified atom stereocenters. The van der Waals surface area contributed by atoms with Gasteiger partial charge in [-0.3, -0.25) is 4.79 Å². The van der Waals surface area contributed by atoms with Gasteiger partial charge in [-0.2, -0.15) is 0 Å². The summed E-state index contributed by atoms with van der Waals surface area (Å²) >= 11 is 1.46. The highest BCUT2D eigenvalue weighted by Crippen LogP contribution is 2.21. The van der Waals surface area contributed by atoms with Gasteiger partial charge in [-0.15, -0.1) is 11.3 Å². The molecule has 0 bridgehead atoms. The second-order valence-electron chi connectivity index (χ2n) is 5.76. The molecule has 0 saturated carbocycles. The molecule has 22 heavy (non-hydrogen) atoms. The fourth-order valence-corrected chi connectivity index (χ4v) is 3.31. The van der Waals surface area contributed by atoms with E-state index >= 15 is 0 Å². The number of piperidine rings is 1. The molecule has 0 N–H and O–H groups in total. The number of hydrogen-bond acceptors (Lipinski definition) is 4. The smallest absolute Gasteiger partial charge is 0.273 e. The first kappa shape index (κ1) is 15.0. The lowest BCUT2D eigenvalue weighted by atomic mass is 9.98. The van der Waals surface area contributed by atoms with Crippen molar-refractivity contribution in [1.29, 1.82) is 0 Å². The maximum absolute atomic E-state index is 12.4. The maximum Gasteiger partial charge on any atom is 0.273 e. The molecule has 2 heterocycles. The third kappa shape index (κ3) is 3.65. The largest absolute Gasteiger partial charge is 0.493 e. The normalized spacial score (nSPS) is 18.2. The molecule has 1 aromatic carbocycles. The summed E-state index contributed by atoms with van der Waals surface area (Å²) < 4.78 is 5.89. The monoisotopic (exact) mass is 316 g/mol. The molecule has 1 aliphatic heterocycles. The average Bonchev–Trinajstić information content (AvgIpc) is 3.07. The standard InChI is InChI=1S/C17H20N2O2S/c1-13-4-2-6-15(8-13)21-10-14-5-3-7-19(9-14)17(20)16-11-22-12-18-16/h2,4,6,8,11-12,14H,3,5,7,9-10H2,1H3/t14-/m0/s1. The molecular formula is C17H20N2O2S. The second kappa shape index (κ2) is 6.92. The number of carbonyl (C=O) groups is 1. The molecule has 1 aliphatic rings. The first-order valence-corrected chi connectivity index (χ1v) is 8.53. The number of benzene rings is 1. The van der Waals surface area contributed by atoms with Crippen LogP contribution in [0.1, 0.15) is 28.9 Å². The SMILES string of the molecule is Cc1cccc(OC[C@H]2CCCN(C(=O)c3cscn3)C2)c1. The van der Waals surface area contributed by atoms with Gasteiger partial charge in [0.2, 0.25) is 0 Å². The Hall–Kier alpha value is -1.88. The van der Waals surface area contributed by atoms with Gasteiger partial charge < -0.3 is 9.64 Å². The van der Waals surface area contributed by atoms with E-state index in [1.165, 1.54) is 16.9 Å². The van der Waals surface area contributed by atoms with E-state index in [4.69, 9.17) is 4.74 Å². The van der Waals surface area contributed by atoms with Gasteiger partial charge in [0.05, 0.1) is 12.1 Å². The fraction of sp³-hybridized carbons (Fsp3) is 0.412. The Morgan fingerprint density at radius 2 is 2.41 bits per heavy atom. The lowest BCUT2D eigenvalue weighted by Crippen LogP contribution is -2.41. The van der Waals surface area contributed by atoms with Crippen LogP contribution in [-0.2, 0) is 0 Å². The predicted molar refractivity (Wildman–Crippen MR) is 87.4 cm³/mol. The molecule has 1 aromatic heterocycles. The Morgan fingerprint density at radius 1 is 1.50 bits per heavy atom. The summed E-state index contributed by atoms with van der Waals surface area (Å²) in [5.74, 6) is 1.33. The van der Waals surface area contributed by atoms with Crippen LogP contribution in [0.25, 0.3) is 0 Å². The Labute approximate surface area is 134 Å². The van der Waals surface area contributed by atoms with Crippen LogP contribution in [0.15, 0.2) is 35.2 Å². The van der Waals surface area contributed by atoms with Gasteiger partial charge >= 0.3 is 0 Å². The molecular weight excluding hydrogens is 296 g/mol. The summed E-state index contributed by atoms with van der Waals surface area (Å²) in [5, 5.41) is 1.81. The van der Waals surface area contributed by atoms with E-state index < -0.39 is 0 Å². The van der Waals surface area contributed by atoms with Crippen molar-refractivity contribution in [2.24, 2.45) is 5.92 Å². The summed E-state index contributed by atoms with van der Waals surface area (Å²) in [6.45, 7) is 4.28. The van der Waals surface area contributed by atoms with Gasteiger partial charge in [0, 0.05) is 24.4 Å². The number of amides is 1. The van der Waals surface area contributed by atoms with Crippen molar-refractivity contribution in [3.63, 3.8) is 0 Å². The molecule has 1 saturated heterocycles. The van der Waals surface area contributed by atoms with Gasteiger partial charge in [0.15, 0.2) is 0 Å². The molecule has 1 fully saturated rings. The van der Waals surface area contributed by atoms with Gasteiger partial charge in [0.1, 0.15) is 11.4 Å². The first-order valence-electron chi connectivity index (χ1n) is 7.59. The number of thiazole rings is 1. The lowest BCUT2D eigenvalue weighted by molar-refractivity contribution is 0.0628. The van der Waals surface area contributed by atoms with Crippen molar-refractivity contribution in [2.75, 3.05) is 19.7 Å². The van der Waals surface area contributed by atoms with Crippen LogP contribution in [0.3, 0.4) is 0 Å². The highest BCUT2D eigenvalue weighted by Gasteiger charge is 2.25. The van der Waals surface area contributed by atoms with Crippen molar-refractivity contribution >= 4 is 17.2 Å². The Bertz CT molecular complexity index is 627. The van der Waals surface area contributed by atoms with Gasteiger partial charge in [-0.1, -0.05) is 12.1 Å². The summed E-state index contributed by atoms with van der Waals surface area (Å²) in [7, 11) is 0. The Kier molecular flexibility index (Phi) is 4.73. The van der Waals surface area contributed by atoms with E-state index in [9.17, 15) is 4.79 Å². The Balaban J connectivity index is 1.55. The molecule has 1 atom stereocenters. The fourth-order valence-electron chi connectivity index (χ4n) is 2.78. The van der Waals surface area contributed by atoms with E-state index in [0.29, 0.717) is 18.2 Å². The van der Waals surface area contributed by atoms with Crippen molar-refractivity contribution < 1.29 is 9.53 Å². The topological polar surface area (TPSA) is 42.4 Å². The summed E-state index contributed by atoms with van der Waals surface area (Å²) in [5.41, 5.74) is 3.46. The minimum Gasteiger partial charge on any atom is -0.493 e. The molecule has 0 radical (unpaired) electrons. The third-order valence-corrected chi connectivity index (χ3v) is 4.52. The van der Waals surface area contributed by atoms with Gasteiger partial charge in [0.25, 0.3) is 5.91 Å². The molecule has 3 rings (SSSR count). The minimum atomic E-state index is 0.0431. The molecule has 5 heteroatoms. The second-order valence-corrected chi connectivity index (χ2v) is 6.48. The zero-order valence-corrected chi connectivity index (χ0v) is 13.5. The molecule has 1 amide bonds. The summed E-state index contributed by atoms with van der Waals surface area (Å²) in [4.78, 5) is 18.4. The van der Waals surface area contributed by atoms with Crippen LogP contribution in [0.2, 0.25) is 0 Å². The van der Waals surface area contributed by atoms with Crippen LogP contribution < -0.4 is 4.74 Å². The lowest BCUT2D eigenvalue weighted by Gasteiger charge is -2.32. The zero-order valence-electron chi connectivity index (χ0n) is 12.7. The van der Waals surface area contributed by atoms with Crippen LogP contribution >= 0.6 is 11.3 Å². The zero-order chi connectivity index (χ0) is 15.4. The van der Waals surface area contributed by atoms with E-state index in [1.807, 2.05) is 28.5 Å². The number of carbonyl (C=O) groups excluding carboxylic acids is 1. The van der Waals surface area contributed by atoms with Crippen LogP contribution in [0.4, 0.5) is 0 Å². The first-order chi connectivity index (χ1) is 10.7. The third-order valence-electron chi connectivity index (χ3n) is 3.93. The van der Waals surface area contributed by atoms with Crippen LogP contribution in [0.5, 0.6) is 5.75 Å². The van der Waals surface area contributed by atoms with Gasteiger partial charge in [-0.25, -0.2) is 4.98 Å².